The van der Waals surface area contributed by atoms with E-state index in [-0.39, 0.29) is 5.97 Å². The van der Waals surface area contributed by atoms with Crippen LogP contribution in [0.25, 0.3) is 0 Å². The Kier molecular flexibility index (Phi) is 12.0. The molecule has 0 aromatic carbocycles. The molecule has 0 atom stereocenters. The summed E-state index contributed by atoms with van der Waals surface area (Å²) in [6.07, 6.45) is 5.60. The fourth-order valence-corrected chi connectivity index (χ4v) is 1.30. The predicted molar refractivity (Wildman–Crippen MR) is 66.3 cm³/mol. The van der Waals surface area contributed by atoms with Gasteiger partial charge in [-0.3, -0.25) is 4.79 Å². The van der Waals surface area contributed by atoms with Crippen molar-refractivity contribution in [3.63, 3.8) is 0 Å². The van der Waals surface area contributed by atoms with Crippen molar-refractivity contribution in [1.82, 2.24) is 5.32 Å². The summed E-state index contributed by atoms with van der Waals surface area (Å²) in [5.41, 5.74) is 5.38. The Morgan fingerprint density at radius 2 is 1.94 bits per heavy atom. The highest BCUT2D eigenvalue weighted by Gasteiger charge is 2.00. The summed E-state index contributed by atoms with van der Waals surface area (Å²) in [5.74, 6) is -0.0648. The number of nitrogens with two attached hydrogens (primary N) is 1. The lowest BCUT2D eigenvalue weighted by Crippen LogP contribution is -2.19. The minimum Gasteiger partial charge on any atom is -0.466 e. The first kappa shape index (κ1) is 15.4. The van der Waals surface area contributed by atoms with Gasteiger partial charge in [-0.1, -0.05) is 13.3 Å². The van der Waals surface area contributed by atoms with E-state index < -0.39 is 0 Å². The van der Waals surface area contributed by atoms with Gasteiger partial charge < -0.3 is 15.8 Å². The van der Waals surface area contributed by atoms with Gasteiger partial charge in [0.25, 0.3) is 0 Å². The van der Waals surface area contributed by atoms with E-state index in [4.69, 9.17) is 10.5 Å². The molecular formula is C12H26N2O2. The van der Waals surface area contributed by atoms with Crippen LogP contribution in [0.4, 0.5) is 0 Å². The van der Waals surface area contributed by atoms with Crippen LogP contribution in [0.1, 0.15) is 45.4 Å². The van der Waals surface area contributed by atoms with Crippen molar-refractivity contribution in [2.45, 2.75) is 45.4 Å². The van der Waals surface area contributed by atoms with Gasteiger partial charge in [0.1, 0.15) is 0 Å². The van der Waals surface area contributed by atoms with Crippen LogP contribution in [-0.4, -0.2) is 32.2 Å². The van der Waals surface area contributed by atoms with Crippen molar-refractivity contribution in [2.75, 3.05) is 26.2 Å². The summed E-state index contributed by atoms with van der Waals surface area (Å²) in [6, 6.07) is 0. The number of carbonyl (C=O) groups is 1. The second-order valence-electron chi connectivity index (χ2n) is 3.92. The molecule has 0 radical (unpaired) electrons. The summed E-state index contributed by atoms with van der Waals surface area (Å²) in [4.78, 5) is 11.1. The summed E-state index contributed by atoms with van der Waals surface area (Å²) in [6.45, 7) is 5.27. The SMILES string of the molecule is CCCCC(=O)OCCCNCCCCN. The van der Waals surface area contributed by atoms with E-state index in [9.17, 15) is 4.79 Å². The van der Waals surface area contributed by atoms with E-state index in [2.05, 4.69) is 12.2 Å². The third-order valence-electron chi connectivity index (χ3n) is 2.30. The molecule has 0 saturated carbocycles. The third-order valence-corrected chi connectivity index (χ3v) is 2.30. The summed E-state index contributed by atoms with van der Waals surface area (Å²) >= 11 is 0. The Labute approximate surface area is 98.9 Å². The number of hydrogen-bond acceptors (Lipinski definition) is 4. The van der Waals surface area contributed by atoms with Crippen LogP contribution in [-0.2, 0) is 9.53 Å². The highest BCUT2D eigenvalue weighted by Crippen LogP contribution is 1.96. The van der Waals surface area contributed by atoms with Gasteiger partial charge in [-0.25, -0.2) is 0 Å². The van der Waals surface area contributed by atoms with Crippen molar-refractivity contribution in [3.8, 4) is 0 Å². The van der Waals surface area contributed by atoms with Crippen molar-refractivity contribution >= 4 is 5.97 Å². The molecule has 16 heavy (non-hydrogen) atoms. The van der Waals surface area contributed by atoms with Crippen LogP contribution >= 0.6 is 0 Å². The van der Waals surface area contributed by atoms with Crippen LogP contribution in [0.3, 0.4) is 0 Å². The lowest BCUT2D eigenvalue weighted by molar-refractivity contribution is -0.143. The minimum atomic E-state index is -0.0648. The maximum absolute atomic E-state index is 11.1. The highest BCUT2D eigenvalue weighted by atomic mass is 16.5. The quantitative estimate of drug-likeness (QED) is 0.416. The van der Waals surface area contributed by atoms with Crippen LogP contribution in [0.15, 0.2) is 0 Å². The summed E-state index contributed by atoms with van der Waals surface area (Å²) in [7, 11) is 0. The number of ether oxygens (including phenoxy) is 1. The molecule has 0 spiro atoms. The molecule has 0 amide bonds. The molecule has 0 aliphatic heterocycles. The Hall–Kier alpha value is -0.610. The monoisotopic (exact) mass is 230 g/mol. The van der Waals surface area contributed by atoms with E-state index >= 15 is 0 Å². The second kappa shape index (κ2) is 12.5. The van der Waals surface area contributed by atoms with Gasteiger partial charge >= 0.3 is 5.97 Å². The fraction of sp³-hybridized carbons (Fsp3) is 0.917. The second-order valence-corrected chi connectivity index (χ2v) is 3.92. The lowest BCUT2D eigenvalue weighted by Gasteiger charge is -2.05. The van der Waals surface area contributed by atoms with E-state index in [1.54, 1.807) is 0 Å². The standard InChI is InChI=1S/C12H26N2O2/c1-2-3-7-12(15)16-11-6-10-14-9-5-4-8-13/h14H,2-11,13H2,1H3. The summed E-state index contributed by atoms with van der Waals surface area (Å²) < 4.78 is 5.07. The van der Waals surface area contributed by atoms with Crippen molar-refractivity contribution in [1.29, 1.82) is 0 Å². The zero-order valence-electron chi connectivity index (χ0n) is 10.5. The van der Waals surface area contributed by atoms with Crippen LogP contribution < -0.4 is 11.1 Å². The van der Waals surface area contributed by atoms with Gasteiger partial charge in [-0.05, 0) is 45.3 Å². The van der Waals surface area contributed by atoms with Gasteiger partial charge in [-0.15, -0.1) is 0 Å². The number of hydrogen-bond donors (Lipinski definition) is 2. The first-order valence-electron chi connectivity index (χ1n) is 6.37. The first-order valence-corrected chi connectivity index (χ1v) is 6.37. The van der Waals surface area contributed by atoms with Crippen molar-refractivity contribution in [2.24, 2.45) is 5.73 Å². The molecule has 0 aromatic heterocycles. The zero-order valence-corrected chi connectivity index (χ0v) is 10.5. The molecule has 0 fully saturated rings. The van der Waals surface area contributed by atoms with Gasteiger partial charge in [0.15, 0.2) is 0 Å². The molecule has 0 aromatic rings. The first-order chi connectivity index (χ1) is 7.81. The summed E-state index contributed by atoms with van der Waals surface area (Å²) in [5, 5.41) is 3.29. The highest BCUT2D eigenvalue weighted by molar-refractivity contribution is 5.69. The Morgan fingerprint density at radius 3 is 2.62 bits per heavy atom. The number of rotatable bonds is 11. The van der Waals surface area contributed by atoms with Gasteiger partial charge in [0.2, 0.25) is 0 Å². The molecule has 3 N–H and O–H groups in total. The maximum Gasteiger partial charge on any atom is 0.305 e. The number of esters is 1. The van der Waals surface area contributed by atoms with Crippen LogP contribution in [0.5, 0.6) is 0 Å². The van der Waals surface area contributed by atoms with E-state index in [1.165, 1.54) is 0 Å². The molecule has 0 heterocycles. The van der Waals surface area contributed by atoms with Crippen LogP contribution in [0, 0.1) is 0 Å². The Morgan fingerprint density at radius 1 is 1.19 bits per heavy atom. The topological polar surface area (TPSA) is 64.3 Å². The maximum atomic E-state index is 11.1. The average molecular weight is 230 g/mol. The molecular weight excluding hydrogens is 204 g/mol. The molecule has 0 aliphatic carbocycles. The molecule has 0 aliphatic rings. The smallest absolute Gasteiger partial charge is 0.305 e. The molecule has 96 valence electrons. The molecule has 0 rings (SSSR count). The van der Waals surface area contributed by atoms with E-state index in [1.807, 2.05) is 0 Å². The molecule has 0 saturated heterocycles. The number of carbonyl (C=O) groups excluding carboxylic acids is 1. The third kappa shape index (κ3) is 11.5. The van der Waals surface area contributed by atoms with Crippen molar-refractivity contribution in [3.05, 3.63) is 0 Å². The fourth-order valence-electron chi connectivity index (χ4n) is 1.30. The Balaban J connectivity index is 3.05. The van der Waals surface area contributed by atoms with Gasteiger partial charge in [0.05, 0.1) is 6.61 Å². The normalized spacial score (nSPS) is 10.4. The average Bonchev–Trinajstić information content (AvgIpc) is 2.30. The molecule has 0 bridgehead atoms. The molecule has 0 unspecified atom stereocenters. The lowest BCUT2D eigenvalue weighted by atomic mass is 10.2. The van der Waals surface area contributed by atoms with Gasteiger partial charge in [-0.2, -0.15) is 0 Å². The predicted octanol–water partition coefficient (Wildman–Crippen LogP) is 1.44. The minimum absolute atomic E-state index is 0.0648. The van der Waals surface area contributed by atoms with E-state index in [0.29, 0.717) is 13.0 Å². The number of unbranched alkanes of at least 4 members (excludes halogenated alkanes) is 2. The van der Waals surface area contributed by atoms with Gasteiger partial charge in [0, 0.05) is 6.42 Å². The van der Waals surface area contributed by atoms with Crippen molar-refractivity contribution < 1.29 is 9.53 Å². The zero-order chi connectivity index (χ0) is 12.1. The number of nitrogens with one attached hydrogen (secondary N) is 1. The van der Waals surface area contributed by atoms with Crippen LogP contribution in [0.2, 0.25) is 0 Å². The van der Waals surface area contributed by atoms with E-state index in [0.717, 1.165) is 51.7 Å². The largest absolute Gasteiger partial charge is 0.466 e. The Bertz CT molecular complexity index is 163. The molecule has 4 heteroatoms. The molecule has 4 nitrogen and oxygen atoms in total.